The van der Waals surface area contributed by atoms with Crippen molar-refractivity contribution in [2.24, 2.45) is 0 Å². The van der Waals surface area contributed by atoms with E-state index in [1.54, 1.807) is 0 Å². The molecule has 1 N–H and O–H groups in total. The van der Waals surface area contributed by atoms with Gasteiger partial charge in [0.15, 0.2) is 11.5 Å². The summed E-state index contributed by atoms with van der Waals surface area (Å²) in [6.45, 7) is 11.6. The molecule has 0 aromatic heterocycles. The topological polar surface area (TPSA) is 43.0 Å². The van der Waals surface area contributed by atoms with Gasteiger partial charge in [-0.15, -0.1) is 0 Å². The van der Waals surface area contributed by atoms with Crippen LogP contribution < -0.4 is 14.8 Å². The molecule has 1 aromatic carbocycles. The fourth-order valence-corrected chi connectivity index (χ4v) is 3.31. The molecule has 2 aliphatic heterocycles. The van der Waals surface area contributed by atoms with E-state index < -0.39 is 0 Å². The van der Waals surface area contributed by atoms with E-state index in [0.717, 1.165) is 37.8 Å². The van der Waals surface area contributed by atoms with Crippen LogP contribution in [-0.4, -0.2) is 56.5 Å². The molecule has 0 spiro atoms. The second-order valence-corrected chi connectivity index (χ2v) is 6.54. The Hall–Kier alpha value is -1.30. The van der Waals surface area contributed by atoms with E-state index in [9.17, 15) is 0 Å². The molecule has 0 radical (unpaired) electrons. The lowest BCUT2D eigenvalue weighted by Gasteiger charge is -2.38. The van der Waals surface area contributed by atoms with Crippen molar-refractivity contribution in [3.8, 4) is 11.5 Å². The molecular formula is C18H28N2O3. The minimum atomic E-state index is 0.282. The average Bonchev–Trinajstić information content (AvgIpc) is 2.59. The summed E-state index contributed by atoms with van der Waals surface area (Å²) in [6.07, 6.45) is 0. The smallest absolute Gasteiger partial charge is 0.161 e. The Morgan fingerprint density at radius 3 is 2.74 bits per heavy atom. The first-order chi connectivity index (χ1) is 11.1. The van der Waals surface area contributed by atoms with Gasteiger partial charge in [0, 0.05) is 31.2 Å². The quantitative estimate of drug-likeness (QED) is 0.901. The van der Waals surface area contributed by atoms with E-state index in [1.165, 1.54) is 5.56 Å². The van der Waals surface area contributed by atoms with Crippen LogP contribution in [0.3, 0.4) is 0 Å². The molecule has 5 nitrogen and oxygen atoms in total. The maximum Gasteiger partial charge on any atom is 0.161 e. The third-order valence-corrected chi connectivity index (χ3v) is 4.77. The monoisotopic (exact) mass is 320 g/mol. The highest BCUT2D eigenvalue weighted by molar-refractivity contribution is 5.44. The molecule has 1 saturated heterocycles. The zero-order valence-electron chi connectivity index (χ0n) is 14.4. The Morgan fingerprint density at radius 2 is 1.96 bits per heavy atom. The van der Waals surface area contributed by atoms with E-state index >= 15 is 0 Å². The first kappa shape index (κ1) is 16.6. The van der Waals surface area contributed by atoms with Crippen molar-refractivity contribution in [1.82, 2.24) is 10.2 Å². The van der Waals surface area contributed by atoms with Gasteiger partial charge in [0.2, 0.25) is 0 Å². The second kappa shape index (κ2) is 7.51. The summed E-state index contributed by atoms with van der Waals surface area (Å²) in [7, 11) is 0. The van der Waals surface area contributed by atoms with Gasteiger partial charge < -0.3 is 19.5 Å². The molecule has 3 atom stereocenters. The van der Waals surface area contributed by atoms with Crippen molar-refractivity contribution in [1.29, 1.82) is 0 Å². The number of ether oxygens (including phenoxy) is 3. The fraction of sp³-hybridized carbons (Fsp3) is 0.667. The highest BCUT2D eigenvalue weighted by Crippen LogP contribution is 2.32. The maximum absolute atomic E-state index is 5.67. The molecule has 0 aliphatic carbocycles. The first-order valence-corrected chi connectivity index (χ1v) is 8.61. The number of nitrogens with one attached hydrogen (secondary N) is 1. The summed E-state index contributed by atoms with van der Waals surface area (Å²) in [4.78, 5) is 2.52. The SMILES string of the molecule is C[C@H](NC[C@H](C)N1CCOC[C@@H]1C)c1ccc2c(c1)OCCO2. The van der Waals surface area contributed by atoms with Gasteiger partial charge in [-0.05, 0) is 38.5 Å². The van der Waals surface area contributed by atoms with Crippen LogP contribution in [0.4, 0.5) is 0 Å². The lowest BCUT2D eigenvalue weighted by molar-refractivity contribution is -0.0184. The van der Waals surface area contributed by atoms with Crippen molar-refractivity contribution in [2.75, 3.05) is 39.5 Å². The Balaban J connectivity index is 1.55. The molecule has 1 aromatic rings. The van der Waals surface area contributed by atoms with Crippen LogP contribution >= 0.6 is 0 Å². The third kappa shape index (κ3) is 3.97. The number of nitrogens with zero attached hydrogens (tertiary/aromatic N) is 1. The Labute approximate surface area is 138 Å². The lowest BCUT2D eigenvalue weighted by atomic mass is 10.1. The van der Waals surface area contributed by atoms with Gasteiger partial charge in [-0.25, -0.2) is 0 Å². The van der Waals surface area contributed by atoms with E-state index in [0.29, 0.717) is 25.3 Å². The summed E-state index contributed by atoms with van der Waals surface area (Å²) in [5, 5.41) is 3.64. The number of morpholine rings is 1. The summed E-state index contributed by atoms with van der Waals surface area (Å²) in [5.41, 5.74) is 1.23. The number of benzene rings is 1. The zero-order valence-corrected chi connectivity index (χ0v) is 14.4. The number of hydrogen-bond donors (Lipinski definition) is 1. The Bertz CT molecular complexity index is 523. The minimum absolute atomic E-state index is 0.282. The van der Waals surface area contributed by atoms with Gasteiger partial charge in [0.1, 0.15) is 13.2 Å². The normalized spacial score (nSPS) is 24.2. The van der Waals surface area contributed by atoms with E-state index in [1.807, 2.05) is 6.07 Å². The minimum Gasteiger partial charge on any atom is -0.486 e. The summed E-state index contributed by atoms with van der Waals surface area (Å²) in [6, 6.07) is 7.49. The largest absolute Gasteiger partial charge is 0.486 e. The fourth-order valence-electron chi connectivity index (χ4n) is 3.31. The molecule has 128 valence electrons. The molecule has 2 heterocycles. The van der Waals surface area contributed by atoms with E-state index in [4.69, 9.17) is 14.2 Å². The van der Waals surface area contributed by atoms with Crippen LogP contribution in [0.1, 0.15) is 32.4 Å². The van der Waals surface area contributed by atoms with Gasteiger partial charge in [-0.3, -0.25) is 4.90 Å². The molecule has 23 heavy (non-hydrogen) atoms. The molecule has 0 amide bonds. The highest BCUT2D eigenvalue weighted by Gasteiger charge is 2.24. The van der Waals surface area contributed by atoms with E-state index in [-0.39, 0.29) is 6.04 Å². The number of rotatable bonds is 5. The van der Waals surface area contributed by atoms with E-state index in [2.05, 4.69) is 43.1 Å². The summed E-state index contributed by atoms with van der Waals surface area (Å²) < 4.78 is 16.8. The van der Waals surface area contributed by atoms with Crippen LogP contribution in [0.25, 0.3) is 0 Å². The molecule has 5 heteroatoms. The Kier molecular flexibility index (Phi) is 5.41. The van der Waals surface area contributed by atoms with Crippen molar-refractivity contribution in [3.63, 3.8) is 0 Å². The standard InChI is InChI=1S/C18H28N2O3/c1-13(20-6-7-21-12-14(20)2)11-19-15(3)16-4-5-17-18(10-16)23-9-8-22-17/h4-5,10,13-15,19H,6-9,11-12H2,1-3H3/t13-,14-,15-/m0/s1. The highest BCUT2D eigenvalue weighted by atomic mass is 16.6. The molecule has 3 rings (SSSR count). The molecule has 1 fully saturated rings. The lowest BCUT2D eigenvalue weighted by Crippen LogP contribution is -2.51. The Morgan fingerprint density at radius 1 is 1.17 bits per heavy atom. The van der Waals surface area contributed by atoms with Gasteiger partial charge >= 0.3 is 0 Å². The molecule has 0 saturated carbocycles. The van der Waals surface area contributed by atoms with Crippen molar-refractivity contribution < 1.29 is 14.2 Å². The summed E-state index contributed by atoms with van der Waals surface area (Å²) >= 11 is 0. The molecular weight excluding hydrogens is 292 g/mol. The number of fused-ring (bicyclic) bond motifs is 1. The van der Waals surface area contributed by atoms with Gasteiger partial charge in [0.25, 0.3) is 0 Å². The van der Waals surface area contributed by atoms with Crippen LogP contribution in [0.15, 0.2) is 18.2 Å². The zero-order chi connectivity index (χ0) is 16.2. The van der Waals surface area contributed by atoms with Crippen LogP contribution in [0.5, 0.6) is 11.5 Å². The third-order valence-electron chi connectivity index (χ3n) is 4.77. The van der Waals surface area contributed by atoms with Gasteiger partial charge in [-0.1, -0.05) is 6.07 Å². The second-order valence-electron chi connectivity index (χ2n) is 6.54. The molecule has 0 bridgehead atoms. The van der Waals surface area contributed by atoms with Crippen molar-refractivity contribution in [3.05, 3.63) is 23.8 Å². The van der Waals surface area contributed by atoms with Gasteiger partial charge in [-0.2, -0.15) is 0 Å². The van der Waals surface area contributed by atoms with Crippen LogP contribution in [-0.2, 0) is 4.74 Å². The average molecular weight is 320 g/mol. The predicted octanol–water partition coefficient (Wildman–Crippen LogP) is 2.22. The predicted molar refractivity (Wildman–Crippen MR) is 90.3 cm³/mol. The molecule has 2 aliphatic rings. The van der Waals surface area contributed by atoms with Gasteiger partial charge in [0.05, 0.1) is 13.2 Å². The van der Waals surface area contributed by atoms with Crippen molar-refractivity contribution >= 4 is 0 Å². The maximum atomic E-state index is 5.67. The van der Waals surface area contributed by atoms with Crippen LogP contribution in [0.2, 0.25) is 0 Å². The first-order valence-electron chi connectivity index (χ1n) is 8.61. The molecule has 0 unspecified atom stereocenters. The number of hydrogen-bond acceptors (Lipinski definition) is 5. The van der Waals surface area contributed by atoms with Crippen LogP contribution in [0, 0.1) is 0 Å². The van der Waals surface area contributed by atoms with Crippen molar-refractivity contribution in [2.45, 2.75) is 38.9 Å². The summed E-state index contributed by atoms with van der Waals surface area (Å²) in [5.74, 6) is 1.71.